The van der Waals surface area contributed by atoms with Crippen LogP contribution >= 0.6 is 0 Å². The Hall–Kier alpha value is -1.94. The Balaban J connectivity index is 2.52. The Labute approximate surface area is 105 Å². The molecular weight excluding hydrogens is 231 g/mol. The summed E-state index contributed by atoms with van der Waals surface area (Å²) in [4.78, 5) is 4.00. The van der Waals surface area contributed by atoms with Gasteiger partial charge in [-0.05, 0) is 43.2 Å². The highest BCUT2D eigenvalue weighted by molar-refractivity contribution is 5.65. The van der Waals surface area contributed by atoms with Gasteiger partial charge in [-0.2, -0.15) is 0 Å². The van der Waals surface area contributed by atoms with Crippen LogP contribution in [-0.4, -0.2) is 10.1 Å². The minimum absolute atomic E-state index is 0.0923. The van der Waals surface area contributed by atoms with E-state index >= 15 is 0 Å². The summed E-state index contributed by atoms with van der Waals surface area (Å²) in [6.07, 6.45) is 0. The molecule has 0 saturated carbocycles. The second-order valence-corrected chi connectivity index (χ2v) is 4.83. The molecule has 94 valence electrons. The third kappa shape index (κ3) is 2.65. The topological polar surface area (TPSA) is 59.1 Å². The van der Waals surface area contributed by atoms with Crippen LogP contribution in [0.1, 0.15) is 19.5 Å². The molecule has 0 aliphatic heterocycles. The van der Waals surface area contributed by atoms with Crippen LogP contribution in [-0.2, 0) is 5.54 Å². The van der Waals surface area contributed by atoms with Gasteiger partial charge in [0.25, 0.3) is 0 Å². The number of hydrogen-bond donors (Lipinski definition) is 2. The number of aromatic hydroxyl groups is 1. The molecule has 0 atom stereocenters. The Morgan fingerprint density at radius 1 is 1.11 bits per heavy atom. The Bertz CT molecular complexity index is 559. The predicted molar refractivity (Wildman–Crippen MR) is 68.5 cm³/mol. The standard InChI is InChI=1S/C14H15FN2O/c1-14(2,16)12-7-10(8-13(18)17-12)9-3-5-11(15)6-4-9/h3-8H,16H2,1-2H3,(H,17,18). The maximum absolute atomic E-state index is 12.9. The molecule has 0 spiro atoms. The third-order valence-corrected chi connectivity index (χ3v) is 2.65. The maximum atomic E-state index is 12.9. The number of hydrogen-bond acceptors (Lipinski definition) is 3. The smallest absolute Gasteiger partial charge is 0.211 e. The zero-order chi connectivity index (χ0) is 13.3. The first-order valence-corrected chi connectivity index (χ1v) is 5.62. The molecule has 3 nitrogen and oxygen atoms in total. The molecule has 1 aromatic heterocycles. The normalized spacial score (nSPS) is 11.6. The van der Waals surface area contributed by atoms with E-state index < -0.39 is 5.54 Å². The molecule has 0 aliphatic carbocycles. The lowest BCUT2D eigenvalue weighted by atomic mass is 9.97. The van der Waals surface area contributed by atoms with E-state index in [4.69, 9.17) is 5.73 Å². The molecule has 1 aromatic carbocycles. The molecule has 1 heterocycles. The second kappa shape index (κ2) is 4.38. The van der Waals surface area contributed by atoms with Crippen LogP contribution in [0.4, 0.5) is 4.39 Å². The van der Waals surface area contributed by atoms with Gasteiger partial charge in [0.2, 0.25) is 5.88 Å². The summed E-state index contributed by atoms with van der Waals surface area (Å²) in [6.45, 7) is 3.62. The van der Waals surface area contributed by atoms with Gasteiger partial charge in [0.1, 0.15) is 5.82 Å². The highest BCUT2D eigenvalue weighted by Crippen LogP contribution is 2.27. The van der Waals surface area contributed by atoms with Crippen molar-refractivity contribution in [1.29, 1.82) is 0 Å². The summed E-state index contributed by atoms with van der Waals surface area (Å²) < 4.78 is 12.9. The van der Waals surface area contributed by atoms with Crippen LogP contribution in [0.25, 0.3) is 11.1 Å². The third-order valence-electron chi connectivity index (χ3n) is 2.65. The number of aromatic nitrogens is 1. The van der Waals surface area contributed by atoms with Gasteiger partial charge in [0.15, 0.2) is 0 Å². The van der Waals surface area contributed by atoms with E-state index in [9.17, 15) is 9.50 Å². The molecule has 2 rings (SSSR count). The summed E-state index contributed by atoms with van der Waals surface area (Å²) in [5, 5.41) is 9.63. The first-order chi connectivity index (χ1) is 8.36. The van der Waals surface area contributed by atoms with Crippen LogP contribution in [0.3, 0.4) is 0 Å². The molecule has 4 heteroatoms. The monoisotopic (exact) mass is 246 g/mol. The van der Waals surface area contributed by atoms with Crippen molar-refractivity contribution < 1.29 is 9.50 Å². The van der Waals surface area contributed by atoms with E-state index in [1.165, 1.54) is 18.2 Å². The maximum Gasteiger partial charge on any atom is 0.211 e. The Kier molecular flexibility index (Phi) is 3.05. The summed E-state index contributed by atoms with van der Waals surface area (Å²) in [5.74, 6) is -0.387. The van der Waals surface area contributed by atoms with Crippen molar-refractivity contribution in [2.75, 3.05) is 0 Å². The number of nitrogens with two attached hydrogens (primary N) is 1. The van der Waals surface area contributed by atoms with Crippen molar-refractivity contribution in [3.05, 3.63) is 47.9 Å². The summed E-state index contributed by atoms with van der Waals surface area (Å²) in [7, 11) is 0. The molecule has 0 amide bonds. The molecular formula is C14H15FN2O. The van der Waals surface area contributed by atoms with Gasteiger partial charge >= 0.3 is 0 Å². The molecule has 0 bridgehead atoms. The first-order valence-electron chi connectivity index (χ1n) is 5.62. The zero-order valence-electron chi connectivity index (χ0n) is 10.3. The number of pyridine rings is 1. The van der Waals surface area contributed by atoms with E-state index in [0.29, 0.717) is 5.69 Å². The van der Waals surface area contributed by atoms with Crippen LogP contribution < -0.4 is 5.73 Å². The highest BCUT2D eigenvalue weighted by Gasteiger charge is 2.18. The minimum atomic E-state index is -0.645. The van der Waals surface area contributed by atoms with Crippen molar-refractivity contribution >= 4 is 0 Å². The fourth-order valence-electron chi connectivity index (χ4n) is 1.66. The number of benzene rings is 1. The SMILES string of the molecule is CC(C)(N)c1cc(-c2ccc(F)cc2)cc(O)n1. The largest absolute Gasteiger partial charge is 0.493 e. The van der Waals surface area contributed by atoms with Gasteiger partial charge in [-0.15, -0.1) is 0 Å². The molecule has 0 radical (unpaired) electrons. The number of rotatable bonds is 2. The van der Waals surface area contributed by atoms with Gasteiger partial charge in [-0.1, -0.05) is 12.1 Å². The second-order valence-electron chi connectivity index (χ2n) is 4.83. The van der Waals surface area contributed by atoms with Gasteiger partial charge in [0, 0.05) is 6.07 Å². The molecule has 18 heavy (non-hydrogen) atoms. The van der Waals surface area contributed by atoms with Crippen molar-refractivity contribution in [3.63, 3.8) is 0 Å². The lowest BCUT2D eigenvalue weighted by Crippen LogP contribution is -2.29. The summed E-state index contributed by atoms with van der Waals surface area (Å²) in [6, 6.07) is 9.38. The van der Waals surface area contributed by atoms with Crippen LogP contribution in [0.15, 0.2) is 36.4 Å². The summed E-state index contributed by atoms with van der Waals surface area (Å²) >= 11 is 0. The zero-order valence-corrected chi connectivity index (χ0v) is 10.3. The number of nitrogens with zero attached hydrogens (tertiary/aromatic N) is 1. The average Bonchev–Trinajstić information content (AvgIpc) is 2.28. The van der Waals surface area contributed by atoms with Crippen LogP contribution in [0.2, 0.25) is 0 Å². The van der Waals surface area contributed by atoms with Crippen molar-refractivity contribution in [3.8, 4) is 17.0 Å². The molecule has 0 saturated heterocycles. The molecule has 3 N–H and O–H groups in total. The summed E-state index contributed by atoms with van der Waals surface area (Å²) in [5.41, 5.74) is 7.47. The Morgan fingerprint density at radius 2 is 1.72 bits per heavy atom. The van der Waals surface area contributed by atoms with E-state index in [0.717, 1.165) is 11.1 Å². The van der Waals surface area contributed by atoms with Gasteiger partial charge in [-0.3, -0.25) is 0 Å². The van der Waals surface area contributed by atoms with Crippen molar-refractivity contribution in [1.82, 2.24) is 4.98 Å². The lowest BCUT2D eigenvalue weighted by molar-refractivity contribution is 0.439. The van der Waals surface area contributed by atoms with E-state index in [2.05, 4.69) is 4.98 Å². The molecule has 0 unspecified atom stereocenters. The molecule has 2 aromatic rings. The first kappa shape index (κ1) is 12.5. The fourth-order valence-corrected chi connectivity index (χ4v) is 1.66. The molecule has 0 fully saturated rings. The van der Waals surface area contributed by atoms with Crippen LogP contribution in [0, 0.1) is 5.82 Å². The minimum Gasteiger partial charge on any atom is -0.493 e. The van der Waals surface area contributed by atoms with Gasteiger partial charge < -0.3 is 10.8 Å². The van der Waals surface area contributed by atoms with E-state index in [-0.39, 0.29) is 11.7 Å². The Morgan fingerprint density at radius 3 is 2.28 bits per heavy atom. The van der Waals surface area contributed by atoms with Crippen molar-refractivity contribution in [2.45, 2.75) is 19.4 Å². The highest BCUT2D eigenvalue weighted by atomic mass is 19.1. The van der Waals surface area contributed by atoms with Crippen molar-refractivity contribution in [2.24, 2.45) is 5.73 Å². The number of halogens is 1. The van der Waals surface area contributed by atoms with Crippen LogP contribution in [0.5, 0.6) is 5.88 Å². The average molecular weight is 246 g/mol. The van der Waals surface area contributed by atoms with E-state index in [1.807, 2.05) is 13.8 Å². The van der Waals surface area contributed by atoms with E-state index in [1.54, 1.807) is 18.2 Å². The lowest BCUT2D eigenvalue weighted by Gasteiger charge is -2.19. The predicted octanol–water partition coefficient (Wildman–Crippen LogP) is 2.79. The molecule has 0 aliphatic rings. The fraction of sp³-hybridized carbons (Fsp3) is 0.214. The van der Waals surface area contributed by atoms with Gasteiger partial charge in [-0.25, -0.2) is 9.37 Å². The van der Waals surface area contributed by atoms with Gasteiger partial charge in [0.05, 0.1) is 11.2 Å². The quantitative estimate of drug-likeness (QED) is 0.856.